The number of rotatable bonds is 8. The van der Waals surface area contributed by atoms with Crippen molar-refractivity contribution in [2.75, 3.05) is 4.90 Å². The molecule has 2 heterocycles. The lowest BCUT2D eigenvalue weighted by molar-refractivity contribution is 0.669. The zero-order valence-corrected chi connectivity index (χ0v) is 32.2. The normalized spacial score (nSPS) is 11.7. The molecule has 59 heavy (non-hydrogen) atoms. The quantitative estimate of drug-likeness (QED) is 0.145. The van der Waals surface area contributed by atoms with Crippen molar-refractivity contribution in [1.29, 1.82) is 0 Å². The van der Waals surface area contributed by atoms with E-state index in [1.165, 1.54) is 5.39 Å². The standard InChI is InChI=1S/C56H37NO2/c1-2-3-12-37-13-10-15-41(35-37)38-23-29-43(30-24-38)57(44-31-25-40(26-32-44)46-19-11-22-54-55(46)49-18-7-9-21-52(49)58-54)51-20-8-6-16-45(51)42-28-34-53-50(36-42)48-33-27-39-14-4-5-17-47(39)56(48)59-53/h2-36H,1H2/b12-3-. The maximum atomic E-state index is 6.52. The average Bonchev–Trinajstić information content (AvgIpc) is 3.88. The fraction of sp³-hybridized carbons (Fsp3) is 0. The van der Waals surface area contributed by atoms with Gasteiger partial charge in [0.1, 0.15) is 22.3 Å². The summed E-state index contributed by atoms with van der Waals surface area (Å²) in [6, 6.07) is 69.0. The highest BCUT2D eigenvalue weighted by molar-refractivity contribution is 6.16. The summed E-state index contributed by atoms with van der Waals surface area (Å²) in [6.45, 7) is 3.83. The van der Waals surface area contributed by atoms with Gasteiger partial charge in [0.15, 0.2) is 0 Å². The smallest absolute Gasteiger partial charge is 0.143 e. The lowest BCUT2D eigenvalue weighted by atomic mass is 9.97. The molecular formula is C56H37NO2. The summed E-state index contributed by atoms with van der Waals surface area (Å²) < 4.78 is 12.8. The predicted octanol–water partition coefficient (Wildman–Crippen LogP) is 16.3. The minimum Gasteiger partial charge on any atom is -0.456 e. The lowest BCUT2D eigenvalue weighted by Gasteiger charge is -2.28. The summed E-state index contributed by atoms with van der Waals surface area (Å²) in [4.78, 5) is 2.37. The van der Waals surface area contributed by atoms with E-state index in [1.807, 2.05) is 18.2 Å². The van der Waals surface area contributed by atoms with Crippen LogP contribution in [0, 0.1) is 0 Å². The van der Waals surface area contributed by atoms with Gasteiger partial charge in [-0.25, -0.2) is 0 Å². The first kappa shape index (κ1) is 34.4. The molecule has 0 N–H and O–H groups in total. The molecule has 0 bridgehead atoms. The van der Waals surface area contributed by atoms with Crippen LogP contribution in [0.2, 0.25) is 0 Å². The Bertz CT molecular complexity index is 3400. The summed E-state index contributed by atoms with van der Waals surface area (Å²) in [5.41, 5.74) is 14.7. The first-order valence-electron chi connectivity index (χ1n) is 19.9. The summed E-state index contributed by atoms with van der Waals surface area (Å²) in [6.07, 6.45) is 5.85. The molecule has 278 valence electrons. The van der Waals surface area contributed by atoms with Gasteiger partial charge in [0, 0.05) is 43.9 Å². The molecule has 0 saturated heterocycles. The fourth-order valence-corrected chi connectivity index (χ4v) is 8.62. The van der Waals surface area contributed by atoms with E-state index in [2.05, 4.69) is 200 Å². The van der Waals surface area contributed by atoms with Crippen LogP contribution in [0.1, 0.15) is 5.56 Å². The van der Waals surface area contributed by atoms with E-state index < -0.39 is 0 Å². The van der Waals surface area contributed by atoms with Crippen molar-refractivity contribution in [3.8, 4) is 33.4 Å². The van der Waals surface area contributed by atoms with Gasteiger partial charge in [-0.15, -0.1) is 0 Å². The predicted molar refractivity (Wildman–Crippen MR) is 249 cm³/mol. The second-order valence-corrected chi connectivity index (χ2v) is 14.9. The molecule has 11 aromatic rings. The number of para-hydroxylation sites is 2. The van der Waals surface area contributed by atoms with Gasteiger partial charge in [-0.3, -0.25) is 0 Å². The van der Waals surface area contributed by atoms with Crippen molar-refractivity contribution >= 4 is 77.8 Å². The van der Waals surface area contributed by atoms with Crippen LogP contribution < -0.4 is 4.90 Å². The highest BCUT2D eigenvalue weighted by atomic mass is 16.3. The van der Waals surface area contributed by atoms with Crippen LogP contribution in [0.25, 0.3) is 94.1 Å². The molecule has 0 saturated carbocycles. The van der Waals surface area contributed by atoms with E-state index in [-0.39, 0.29) is 0 Å². The Morgan fingerprint density at radius 3 is 1.95 bits per heavy atom. The van der Waals surface area contributed by atoms with E-state index >= 15 is 0 Å². The highest BCUT2D eigenvalue weighted by Gasteiger charge is 2.20. The number of nitrogens with zero attached hydrogens (tertiary/aromatic N) is 1. The van der Waals surface area contributed by atoms with E-state index in [0.29, 0.717) is 0 Å². The average molecular weight is 756 g/mol. The molecular weight excluding hydrogens is 719 g/mol. The number of furan rings is 2. The molecule has 0 radical (unpaired) electrons. The van der Waals surface area contributed by atoms with Crippen molar-refractivity contribution in [3.63, 3.8) is 0 Å². The van der Waals surface area contributed by atoms with Crippen molar-refractivity contribution < 1.29 is 8.83 Å². The van der Waals surface area contributed by atoms with E-state index in [1.54, 1.807) is 6.08 Å². The van der Waals surface area contributed by atoms with Crippen LogP contribution in [0.4, 0.5) is 17.1 Å². The topological polar surface area (TPSA) is 29.5 Å². The number of anilines is 3. The van der Waals surface area contributed by atoms with E-state index in [4.69, 9.17) is 8.83 Å². The molecule has 9 aromatic carbocycles. The first-order chi connectivity index (χ1) is 29.2. The minimum atomic E-state index is 0.880. The number of hydrogen-bond donors (Lipinski definition) is 0. The van der Waals surface area contributed by atoms with E-state index in [9.17, 15) is 0 Å². The first-order valence-corrected chi connectivity index (χ1v) is 19.9. The van der Waals surface area contributed by atoms with Crippen LogP contribution >= 0.6 is 0 Å². The van der Waals surface area contributed by atoms with Crippen molar-refractivity contribution in [2.24, 2.45) is 0 Å². The Morgan fingerprint density at radius 2 is 1.10 bits per heavy atom. The second-order valence-electron chi connectivity index (χ2n) is 14.9. The van der Waals surface area contributed by atoms with Gasteiger partial charge < -0.3 is 13.7 Å². The lowest BCUT2D eigenvalue weighted by Crippen LogP contribution is -2.11. The molecule has 0 amide bonds. The molecule has 0 aliphatic carbocycles. The monoisotopic (exact) mass is 755 g/mol. The SMILES string of the molecule is C=C/C=C\c1cccc(-c2ccc(N(c3ccc(-c4cccc5oc6ccccc6c45)cc3)c3ccccc3-c3ccc4oc5c6ccccc6ccc5c4c3)cc2)c1. The van der Waals surface area contributed by atoms with Gasteiger partial charge in [-0.1, -0.05) is 152 Å². The largest absolute Gasteiger partial charge is 0.456 e. The zero-order chi connectivity index (χ0) is 39.3. The van der Waals surface area contributed by atoms with Crippen LogP contribution in [0.5, 0.6) is 0 Å². The molecule has 11 rings (SSSR count). The molecule has 3 heteroatoms. The van der Waals surface area contributed by atoms with Crippen LogP contribution in [-0.2, 0) is 0 Å². The maximum absolute atomic E-state index is 6.52. The molecule has 0 spiro atoms. The third-order valence-corrected chi connectivity index (χ3v) is 11.4. The Morgan fingerprint density at radius 1 is 0.424 bits per heavy atom. The molecule has 0 atom stereocenters. The van der Waals surface area contributed by atoms with Gasteiger partial charge in [0.05, 0.1) is 5.69 Å². The number of fused-ring (bicyclic) bond motifs is 8. The number of allylic oxidation sites excluding steroid dienone is 2. The van der Waals surface area contributed by atoms with Gasteiger partial charge in [-0.05, 0) is 105 Å². The molecule has 0 unspecified atom stereocenters. The zero-order valence-electron chi connectivity index (χ0n) is 32.2. The number of hydrogen-bond acceptors (Lipinski definition) is 3. The molecule has 0 aliphatic rings. The minimum absolute atomic E-state index is 0.880. The summed E-state index contributed by atoms with van der Waals surface area (Å²) in [7, 11) is 0. The fourth-order valence-electron chi connectivity index (χ4n) is 8.62. The van der Waals surface area contributed by atoms with Crippen LogP contribution in [-0.4, -0.2) is 0 Å². The van der Waals surface area contributed by atoms with Gasteiger partial charge in [-0.2, -0.15) is 0 Å². The number of benzene rings is 9. The van der Waals surface area contributed by atoms with Crippen LogP contribution in [0.15, 0.2) is 222 Å². The Kier molecular flexibility index (Phi) is 8.30. The Labute approximate surface area is 342 Å². The van der Waals surface area contributed by atoms with Crippen molar-refractivity contribution in [2.45, 2.75) is 0 Å². The highest BCUT2D eigenvalue weighted by Crippen LogP contribution is 2.44. The Hall–Kier alpha value is -7.88. The summed E-state index contributed by atoms with van der Waals surface area (Å²) in [5, 5.41) is 6.76. The van der Waals surface area contributed by atoms with Crippen LogP contribution in [0.3, 0.4) is 0 Å². The summed E-state index contributed by atoms with van der Waals surface area (Å²) in [5.74, 6) is 0. The summed E-state index contributed by atoms with van der Waals surface area (Å²) >= 11 is 0. The second kappa shape index (κ2) is 14.3. The maximum Gasteiger partial charge on any atom is 0.143 e. The molecule has 0 aliphatic heterocycles. The van der Waals surface area contributed by atoms with E-state index in [0.717, 1.165) is 105 Å². The van der Waals surface area contributed by atoms with Gasteiger partial charge in [0.2, 0.25) is 0 Å². The molecule has 3 nitrogen and oxygen atoms in total. The van der Waals surface area contributed by atoms with Crippen molar-refractivity contribution in [3.05, 3.63) is 218 Å². The molecule has 0 fully saturated rings. The van der Waals surface area contributed by atoms with Gasteiger partial charge >= 0.3 is 0 Å². The van der Waals surface area contributed by atoms with Gasteiger partial charge in [0.25, 0.3) is 0 Å². The van der Waals surface area contributed by atoms with Crippen molar-refractivity contribution in [1.82, 2.24) is 0 Å². The Balaban J connectivity index is 1.05. The third-order valence-electron chi connectivity index (χ3n) is 11.4. The third kappa shape index (κ3) is 6.00. The molecule has 2 aromatic heterocycles.